The zero-order valence-corrected chi connectivity index (χ0v) is 16.8. The summed E-state index contributed by atoms with van der Waals surface area (Å²) in [6.45, 7) is 7.23. The van der Waals surface area contributed by atoms with Crippen LogP contribution in [0.25, 0.3) is 0 Å². The van der Waals surface area contributed by atoms with Gasteiger partial charge in [-0.05, 0) is 44.2 Å². The fraction of sp³-hybridized carbons (Fsp3) is 0.381. The summed E-state index contributed by atoms with van der Waals surface area (Å²) in [5, 5.41) is 3.70. The van der Waals surface area contributed by atoms with Crippen LogP contribution in [0.15, 0.2) is 42.5 Å². The lowest BCUT2D eigenvalue weighted by Gasteiger charge is -2.39. The van der Waals surface area contributed by atoms with Gasteiger partial charge in [0.15, 0.2) is 0 Å². The number of halogens is 1. The van der Waals surface area contributed by atoms with Crippen LogP contribution in [0, 0.1) is 6.92 Å². The van der Waals surface area contributed by atoms with Crippen LogP contribution in [0.5, 0.6) is 5.75 Å². The molecule has 27 heavy (non-hydrogen) atoms. The minimum atomic E-state index is -0.185. The quantitative estimate of drug-likeness (QED) is 0.847. The maximum atomic E-state index is 12.6. The van der Waals surface area contributed by atoms with Gasteiger partial charge in [0.1, 0.15) is 5.75 Å². The number of nitrogens with one attached hydrogen (secondary N) is 1. The largest absolute Gasteiger partial charge is 0.495 e. The molecule has 1 saturated heterocycles. The number of carbonyl (C=O) groups is 1. The number of nitrogens with zero attached hydrogens (tertiary/aromatic N) is 2. The van der Waals surface area contributed by atoms with Gasteiger partial charge in [-0.2, -0.15) is 0 Å². The van der Waals surface area contributed by atoms with Gasteiger partial charge in [0, 0.05) is 36.9 Å². The van der Waals surface area contributed by atoms with Gasteiger partial charge in [-0.15, -0.1) is 0 Å². The maximum Gasteiger partial charge on any atom is 0.241 e. The van der Waals surface area contributed by atoms with Crippen molar-refractivity contribution in [2.45, 2.75) is 19.9 Å². The number of hydrogen-bond donors (Lipinski definition) is 1. The Bertz CT molecular complexity index is 787. The van der Waals surface area contributed by atoms with Gasteiger partial charge in [0.05, 0.1) is 18.8 Å². The standard InChI is InChI=1S/C21H26ClN3O2/c1-15-4-7-18(8-5-15)23-21(26)16(2)24-10-12-25(13-11-24)19-14-17(22)6-9-20(19)27-3/h4-9,14,16H,10-13H2,1-3H3,(H,23,26)/t16-/m1/s1. The molecule has 0 aromatic heterocycles. The van der Waals surface area contributed by atoms with Crippen molar-refractivity contribution in [3.63, 3.8) is 0 Å². The van der Waals surface area contributed by atoms with Crippen molar-refractivity contribution in [3.8, 4) is 5.75 Å². The van der Waals surface area contributed by atoms with E-state index in [2.05, 4.69) is 15.1 Å². The van der Waals surface area contributed by atoms with Crippen LogP contribution in [-0.2, 0) is 4.79 Å². The molecule has 1 fully saturated rings. The Hall–Kier alpha value is -2.24. The molecule has 2 aromatic carbocycles. The lowest BCUT2D eigenvalue weighted by atomic mass is 10.1. The van der Waals surface area contributed by atoms with Crippen molar-refractivity contribution in [1.82, 2.24) is 4.90 Å². The number of amides is 1. The highest BCUT2D eigenvalue weighted by Gasteiger charge is 2.26. The van der Waals surface area contributed by atoms with Crippen LogP contribution in [-0.4, -0.2) is 50.1 Å². The monoisotopic (exact) mass is 387 g/mol. The first-order chi connectivity index (χ1) is 13.0. The van der Waals surface area contributed by atoms with E-state index in [1.807, 2.05) is 56.3 Å². The van der Waals surface area contributed by atoms with Crippen LogP contribution in [0.3, 0.4) is 0 Å². The third-order valence-electron chi connectivity index (χ3n) is 5.04. The molecule has 1 amide bonds. The molecule has 2 aromatic rings. The number of aryl methyl sites for hydroxylation is 1. The minimum absolute atomic E-state index is 0.0210. The van der Waals surface area contributed by atoms with Crippen LogP contribution >= 0.6 is 11.6 Å². The van der Waals surface area contributed by atoms with E-state index >= 15 is 0 Å². The van der Waals surface area contributed by atoms with Gasteiger partial charge < -0.3 is 15.0 Å². The summed E-state index contributed by atoms with van der Waals surface area (Å²) in [6, 6.07) is 13.3. The predicted molar refractivity (Wildman–Crippen MR) is 111 cm³/mol. The van der Waals surface area contributed by atoms with E-state index in [4.69, 9.17) is 16.3 Å². The first-order valence-corrected chi connectivity index (χ1v) is 9.56. The molecule has 3 rings (SSSR count). The van der Waals surface area contributed by atoms with E-state index in [0.717, 1.165) is 43.3 Å². The second kappa shape index (κ2) is 8.63. The smallest absolute Gasteiger partial charge is 0.241 e. The van der Waals surface area contributed by atoms with E-state index in [-0.39, 0.29) is 11.9 Å². The Morgan fingerprint density at radius 1 is 1.11 bits per heavy atom. The number of anilines is 2. The van der Waals surface area contributed by atoms with Crippen molar-refractivity contribution in [3.05, 3.63) is 53.1 Å². The molecule has 1 atom stereocenters. The third kappa shape index (κ3) is 4.73. The summed E-state index contributed by atoms with van der Waals surface area (Å²) in [7, 11) is 1.67. The first kappa shape index (κ1) is 19.5. The third-order valence-corrected chi connectivity index (χ3v) is 5.28. The molecule has 0 bridgehead atoms. The van der Waals surface area contributed by atoms with E-state index in [9.17, 15) is 4.79 Å². The number of carbonyl (C=O) groups excluding carboxylic acids is 1. The van der Waals surface area contributed by atoms with Gasteiger partial charge in [0.2, 0.25) is 5.91 Å². The lowest BCUT2D eigenvalue weighted by molar-refractivity contribution is -0.120. The molecule has 1 heterocycles. The van der Waals surface area contributed by atoms with E-state index in [0.29, 0.717) is 5.02 Å². The highest BCUT2D eigenvalue weighted by Crippen LogP contribution is 2.32. The van der Waals surface area contributed by atoms with E-state index in [1.165, 1.54) is 5.56 Å². The summed E-state index contributed by atoms with van der Waals surface area (Å²) < 4.78 is 5.46. The average molecular weight is 388 g/mol. The molecule has 6 heteroatoms. The average Bonchev–Trinajstić information content (AvgIpc) is 2.69. The summed E-state index contributed by atoms with van der Waals surface area (Å²) in [5.74, 6) is 0.839. The van der Waals surface area contributed by atoms with Crippen molar-refractivity contribution in [2.24, 2.45) is 0 Å². The molecule has 1 aliphatic rings. The summed E-state index contributed by atoms with van der Waals surface area (Å²) in [6.07, 6.45) is 0. The second-order valence-corrected chi connectivity index (χ2v) is 7.31. The number of ether oxygens (including phenoxy) is 1. The van der Waals surface area contributed by atoms with Crippen molar-refractivity contribution < 1.29 is 9.53 Å². The maximum absolute atomic E-state index is 12.6. The molecule has 5 nitrogen and oxygen atoms in total. The SMILES string of the molecule is COc1ccc(Cl)cc1N1CCN([C@H](C)C(=O)Nc2ccc(C)cc2)CC1. The molecule has 1 aliphatic heterocycles. The number of benzene rings is 2. The molecule has 0 aliphatic carbocycles. The van der Waals surface area contributed by atoms with Crippen LogP contribution in [0.2, 0.25) is 5.02 Å². The van der Waals surface area contributed by atoms with Crippen molar-refractivity contribution >= 4 is 28.9 Å². The summed E-state index contributed by atoms with van der Waals surface area (Å²) in [5.41, 5.74) is 3.01. The topological polar surface area (TPSA) is 44.8 Å². The van der Waals surface area contributed by atoms with Gasteiger partial charge in [-0.25, -0.2) is 0 Å². The van der Waals surface area contributed by atoms with Crippen LogP contribution in [0.4, 0.5) is 11.4 Å². The molecule has 1 N–H and O–H groups in total. The fourth-order valence-electron chi connectivity index (χ4n) is 3.31. The number of piperazine rings is 1. The molecule has 0 radical (unpaired) electrons. The predicted octanol–water partition coefficient (Wildman–Crippen LogP) is 3.81. The van der Waals surface area contributed by atoms with E-state index < -0.39 is 0 Å². The highest BCUT2D eigenvalue weighted by molar-refractivity contribution is 6.30. The molecule has 0 spiro atoms. The van der Waals surface area contributed by atoms with Crippen molar-refractivity contribution in [1.29, 1.82) is 0 Å². The summed E-state index contributed by atoms with van der Waals surface area (Å²) >= 11 is 6.15. The molecule has 0 saturated carbocycles. The Morgan fingerprint density at radius 3 is 2.41 bits per heavy atom. The van der Waals surface area contributed by atoms with Gasteiger partial charge in [0.25, 0.3) is 0 Å². The molecule has 144 valence electrons. The van der Waals surface area contributed by atoms with Crippen LogP contribution in [0.1, 0.15) is 12.5 Å². The van der Waals surface area contributed by atoms with Crippen LogP contribution < -0.4 is 15.0 Å². The number of methoxy groups -OCH3 is 1. The Balaban J connectivity index is 1.59. The number of rotatable bonds is 5. The van der Waals surface area contributed by atoms with Gasteiger partial charge in [-0.3, -0.25) is 9.69 Å². The van der Waals surface area contributed by atoms with Gasteiger partial charge >= 0.3 is 0 Å². The minimum Gasteiger partial charge on any atom is -0.495 e. The Kier molecular flexibility index (Phi) is 6.24. The fourth-order valence-corrected chi connectivity index (χ4v) is 3.48. The lowest BCUT2D eigenvalue weighted by Crippen LogP contribution is -2.52. The molecular formula is C21H26ClN3O2. The zero-order valence-electron chi connectivity index (χ0n) is 16.0. The Morgan fingerprint density at radius 2 is 1.78 bits per heavy atom. The second-order valence-electron chi connectivity index (χ2n) is 6.87. The van der Waals surface area contributed by atoms with Gasteiger partial charge in [-0.1, -0.05) is 29.3 Å². The molecular weight excluding hydrogens is 362 g/mol. The Labute approximate surface area is 165 Å². The highest BCUT2D eigenvalue weighted by atomic mass is 35.5. The van der Waals surface area contributed by atoms with Crippen molar-refractivity contribution in [2.75, 3.05) is 43.5 Å². The first-order valence-electron chi connectivity index (χ1n) is 9.18. The van der Waals surface area contributed by atoms with E-state index in [1.54, 1.807) is 7.11 Å². The normalized spacial score (nSPS) is 16.1. The molecule has 0 unspecified atom stereocenters. The summed E-state index contributed by atoms with van der Waals surface area (Å²) in [4.78, 5) is 17.1. The number of hydrogen-bond acceptors (Lipinski definition) is 4. The zero-order chi connectivity index (χ0) is 19.4.